The van der Waals surface area contributed by atoms with Crippen LogP contribution in [0.25, 0.3) is 0 Å². The van der Waals surface area contributed by atoms with Crippen LogP contribution in [0.15, 0.2) is 0 Å². The van der Waals surface area contributed by atoms with Gasteiger partial charge in [0.2, 0.25) is 0 Å². The van der Waals surface area contributed by atoms with Gasteiger partial charge in [0, 0.05) is 10.8 Å². The summed E-state index contributed by atoms with van der Waals surface area (Å²) in [6.45, 7) is 4.50. The molecular weight excluding hydrogens is 224 g/mol. The Balaban J connectivity index is -0.00000000697. The predicted molar refractivity (Wildman–Crippen MR) is 67.0 cm³/mol. The normalized spacial score (nSPS) is 2.94. The third kappa shape index (κ3) is 5060000. The summed E-state index contributed by atoms with van der Waals surface area (Å²) >= 11 is 0. The first-order chi connectivity index (χ1) is 5.68. The zero-order valence-corrected chi connectivity index (χ0v) is 5.93. The first kappa shape index (κ1) is 81.5. The Morgan fingerprint density at radius 1 is 1.00 bits per heavy atom. The van der Waals surface area contributed by atoms with Gasteiger partial charge in [-0.2, -0.15) is 9.59 Å². The molecule has 17 heavy (non-hydrogen) atoms. The molecule has 0 unspecified atom stereocenters. The van der Waals surface area contributed by atoms with Crippen molar-refractivity contribution in [3.8, 4) is 12.3 Å². The molecule has 0 aromatic rings. The quantitative estimate of drug-likeness (QED) is 0.218. The summed E-state index contributed by atoms with van der Waals surface area (Å²) in [5.74, 6) is 2.08. The fourth-order valence-corrected chi connectivity index (χ4v) is 0. The molecule has 0 aliphatic heterocycles. The topological polar surface area (TPSA) is 154 Å². The first-order valence-corrected chi connectivity index (χ1v) is 2.06. The third-order valence-electron chi connectivity index (χ3n) is 0.192. The molecule has 104 valence electrons. The molecule has 0 rings (SSSR count). The maximum absolute atomic E-state index is 8.12. The van der Waals surface area contributed by atoms with Crippen LogP contribution in [0.1, 0.15) is 37.1 Å². The number of rotatable bonds is 0. The second-order valence-electron chi connectivity index (χ2n) is 0.776. The molecule has 7 nitrogen and oxygen atoms in total. The van der Waals surface area contributed by atoms with Gasteiger partial charge in [-0.25, -0.2) is 0 Å². The van der Waals surface area contributed by atoms with E-state index < -0.39 is 6.17 Å². The molecular formula is C10H26N4O3. The maximum atomic E-state index is 8.12. The molecule has 0 aromatic heterocycles. The number of hydrogen-bond donors (Lipinski definition) is 2. The Morgan fingerprint density at radius 2 is 1.06 bits per heavy atom. The Hall–Kier alpha value is -1.98. The van der Waals surface area contributed by atoms with E-state index in [2.05, 4.69) is 19.0 Å². The summed E-state index contributed by atoms with van der Waals surface area (Å²) in [4.78, 5) is 16.2. The monoisotopic (exact) mass is 250 g/mol. The van der Waals surface area contributed by atoms with Gasteiger partial charge in [-0.15, -0.1) is 6.42 Å². The third-order valence-corrected chi connectivity index (χ3v) is 0.192. The molecule has 0 fully saturated rings. The van der Waals surface area contributed by atoms with E-state index in [1.54, 1.807) is 0 Å². The number of terminal acetylenes is 1. The van der Waals surface area contributed by atoms with E-state index in [1.807, 2.05) is 0 Å². The van der Waals surface area contributed by atoms with Crippen LogP contribution in [-0.2, 0) is 14.2 Å². The molecule has 0 spiro atoms. The minimum absolute atomic E-state index is 0. The van der Waals surface area contributed by atoms with Crippen LogP contribution >= 0.6 is 0 Å². The van der Waals surface area contributed by atoms with E-state index in [0.29, 0.717) is 0 Å². The Labute approximate surface area is 106 Å². The summed E-state index contributed by atoms with van der Waals surface area (Å²) in [6.07, 6.45) is 4.33. The average Bonchev–Trinajstić information content (AvgIpc) is 2.13. The van der Waals surface area contributed by atoms with E-state index >= 15 is 0 Å². The van der Waals surface area contributed by atoms with E-state index in [4.69, 9.17) is 36.5 Å². The van der Waals surface area contributed by atoms with Crippen molar-refractivity contribution in [2.45, 2.75) is 43.3 Å². The molecule has 0 bridgehead atoms. The van der Waals surface area contributed by atoms with Gasteiger partial charge in [-0.3, -0.25) is 0 Å². The van der Waals surface area contributed by atoms with Crippen LogP contribution in [0, 0.1) is 29.8 Å². The van der Waals surface area contributed by atoms with Gasteiger partial charge in [0.05, 0.1) is 0 Å². The van der Waals surface area contributed by atoms with E-state index in [9.17, 15) is 0 Å². The molecule has 0 aliphatic carbocycles. The van der Waals surface area contributed by atoms with Crippen molar-refractivity contribution in [1.29, 1.82) is 10.8 Å². The minimum atomic E-state index is -0.588. The van der Waals surface area contributed by atoms with Crippen LogP contribution in [0.4, 0.5) is 0 Å². The van der Waals surface area contributed by atoms with Crippen LogP contribution in [0.2, 0.25) is 0 Å². The molecule has 0 atom stereocenters. The number of nitrogens with zero attached hydrogens (tertiary/aromatic N) is 2. The van der Waals surface area contributed by atoms with E-state index in [0.717, 1.165) is 0 Å². The molecule has 0 aliphatic rings. The van der Waals surface area contributed by atoms with E-state index in [-0.39, 0.29) is 43.3 Å². The summed E-state index contributed by atoms with van der Waals surface area (Å²) in [7, 11) is 0. The second-order valence-corrected chi connectivity index (χ2v) is 0.776. The molecule has 0 saturated carbocycles. The number of carbonyl (C=O) groups excluding carboxylic acids is 2. The van der Waals surface area contributed by atoms with Crippen molar-refractivity contribution in [2.24, 2.45) is 11.5 Å². The van der Waals surface area contributed by atoms with Gasteiger partial charge in [-0.05, 0) is 0 Å². The van der Waals surface area contributed by atoms with Gasteiger partial charge in [0.15, 0.2) is 0 Å². The average molecular weight is 250 g/mol. The van der Waals surface area contributed by atoms with Crippen LogP contribution in [0.5, 0.6) is 0 Å². The van der Waals surface area contributed by atoms with Crippen LogP contribution < -0.4 is 11.5 Å². The molecule has 0 radical (unpaired) electrons. The summed E-state index contributed by atoms with van der Waals surface area (Å²) in [5, 5.41) is 12.0. The fourth-order valence-electron chi connectivity index (χ4n) is 0. The van der Waals surface area contributed by atoms with Crippen molar-refractivity contribution in [3.63, 3.8) is 0 Å². The molecule has 7 heteroatoms. The summed E-state index contributed by atoms with van der Waals surface area (Å²) in [6, 6.07) is 0. The predicted octanol–water partition coefficient (Wildman–Crippen LogP) is 1.45. The summed E-state index contributed by atoms with van der Waals surface area (Å²) in [5.41, 5.74) is 9.67. The summed E-state index contributed by atoms with van der Waals surface area (Å²) < 4.78 is 7.50. The second kappa shape index (κ2) is 261. The van der Waals surface area contributed by atoms with Gasteiger partial charge in [-0.1, -0.05) is 43.1 Å². The molecule has 0 aromatic carbocycles. The molecule has 4 N–H and O–H groups in total. The first-order valence-electron chi connectivity index (χ1n) is 2.06. The Bertz CT molecular complexity index is 171. The zero-order chi connectivity index (χ0) is 11.0. The molecule has 0 amide bonds. The number of nitrogens with two attached hydrogens (primary N) is 2. The van der Waals surface area contributed by atoms with Crippen molar-refractivity contribution in [1.82, 2.24) is 0 Å². The molecule has 0 saturated heterocycles. The standard InChI is InChI=1S/C3H6N2.CO2.CO.5CH4.N2/c1-2-3(4)5;2-1-3;1-2;;;;;;1-2/h1,3H,4-5H2;;;5*1H4;. The Morgan fingerprint density at radius 3 is 1.06 bits per heavy atom. The fraction of sp³-hybridized carbons (Fsp3) is 0.600. The van der Waals surface area contributed by atoms with Gasteiger partial charge in [0.1, 0.15) is 6.17 Å². The van der Waals surface area contributed by atoms with E-state index in [1.165, 1.54) is 0 Å². The SMILES string of the molecule is C.C.C.C.C.C#CC(N)N.N#N.O=C=O.[C-]#[O+]. The van der Waals surface area contributed by atoms with Crippen molar-refractivity contribution >= 4 is 6.15 Å². The zero-order valence-electron chi connectivity index (χ0n) is 5.93. The van der Waals surface area contributed by atoms with Gasteiger partial charge in [0.25, 0.3) is 0 Å². The van der Waals surface area contributed by atoms with Gasteiger partial charge < -0.3 is 11.5 Å². The van der Waals surface area contributed by atoms with Crippen molar-refractivity contribution < 1.29 is 14.2 Å². The molecule has 0 heterocycles. The number of hydrogen-bond acceptors (Lipinski definition) is 6. The van der Waals surface area contributed by atoms with Crippen LogP contribution in [0.3, 0.4) is 0 Å². The van der Waals surface area contributed by atoms with Crippen molar-refractivity contribution in [3.05, 3.63) is 6.65 Å². The van der Waals surface area contributed by atoms with Gasteiger partial charge >= 0.3 is 17.5 Å². The van der Waals surface area contributed by atoms with Crippen molar-refractivity contribution in [2.75, 3.05) is 0 Å². The Kier molecular flexibility index (Phi) is 1250. The van der Waals surface area contributed by atoms with Crippen LogP contribution in [-0.4, -0.2) is 12.3 Å².